The molecule has 1 aromatic rings. The van der Waals surface area contributed by atoms with Crippen molar-refractivity contribution in [3.05, 3.63) is 17.7 Å². The molecule has 0 radical (unpaired) electrons. The average Bonchev–Trinajstić information content (AvgIpc) is 3.72. The Kier molecular flexibility index (Phi) is 10.1. The molecule has 2 atom stereocenters. The van der Waals surface area contributed by atoms with E-state index >= 15 is 0 Å². The van der Waals surface area contributed by atoms with Crippen molar-refractivity contribution in [2.45, 2.75) is 52.3 Å². The topological polar surface area (TPSA) is 121 Å². The zero-order chi connectivity index (χ0) is 28.9. The van der Waals surface area contributed by atoms with Gasteiger partial charge in [-0.1, -0.05) is 33.8 Å². The minimum Gasteiger partial charge on any atom is -0.493 e. The van der Waals surface area contributed by atoms with Crippen molar-refractivity contribution in [2.24, 2.45) is 11.8 Å². The lowest BCUT2D eigenvalue weighted by Crippen LogP contribution is -2.59. The molecule has 39 heavy (non-hydrogen) atoms. The molecular weight excluding hydrogens is 506 g/mol. The van der Waals surface area contributed by atoms with E-state index in [9.17, 15) is 19.5 Å². The van der Waals surface area contributed by atoms with Crippen LogP contribution in [0.3, 0.4) is 0 Å². The lowest BCUT2D eigenvalue weighted by atomic mass is 9.97. The summed E-state index contributed by atoms with van der Waals surface area (Å²) in [6.07, 6.45) is 0.441. The number of hydrogen-bond acceptors (Lipinski definition) is 8. The van der Waals surface area contributed by atoms with Crippen LogP contribution >= 0.6 is 0 Å². The lowest BCUT2D eigenvalue weighted by molar-refractivity contribution is -0.159. The van der Waals surface area contributed by atoms with Crippen molar-refractivity contribution in [1.29, 1.82) is 0 Å². The van der Waals surface area contributed by atoms with Crippen LogP contribution in [-0.2, 0) is 25.7 Å². The highest BCUT2D eigenvalue weighted by Gasteiger charge is 2.62. The smallest absolute Gasteiger partial charge is 0.348 e. The van der Waals surface area contributed by atoms with E-state index in [1.165, 1.54) is 4.90 Å². The van der Waals surface area contributed by atoms with Crippen LogP contribution in [0.2, 0.25) is 0 Å². The fourth-order valence-electron chi connectivity index (χ4n) is 5.06. The number of carbonyl (C=O) groups is 3. The highest BCUT2D eigenvalue weighted by Crippen LogP contribution is 2.40. The third-order valence-electron chi connectivity index (χ3n) is 7.17. The van der Waals surface area contributed by atoms with Crippen molar-refractivity contribution in [3.8, 4) is 17.2 Å². The first-order chi connectivity index (χ1) is 18.5. The second kappa shape index (κ2) is 12.9. The monoisotopic (exact) mass is 549 g/mol. The van der Waals surface area contributed by atoms with Crippen molar-refractivity contribution in [1.82, 2.24) is 14.7 Å². The van der Waals surface area contributed by atoms with Gasteiger partial charge in [-0.05, 0) is 24.3 Å². The quantitative estimate of drug-likeness (QED) is 0.291. The second-order valence-corrected chi connectivity index (χ2v) is 11.0. The van der Waals surface area contributed by atoms with Gasteiger partial charge in [-0.15, -0.1) is 0 Å². The number of piperazine rings is 1. The number of hydrogen-bond donors (Lipinski definition) is 1. The Morgan fingerprint density at radius 1 is 0.974 bits per heavy atom. The van der Waals surface area contributed by atoms with Gasteiger partial charge in [-0.25, -0.2) is 4.79 Å². The van der Waals surface area contributed by atoms with Gasteiger partial charge in [0, 0.05) is 44.8 Å². The first-order valence-corrected chi connectivity index (χ1v) is 13.5. The molecule has 11 nitrogen and oxygen atoms in total. The van der Waals surface area contributed by atoms with E-state index in [-0.39, 0.29) is 30.9 Å². The molecular formula is C28H43N3O8. The van der Waals surface area contributed by atoms with Gasteiger partial charge in [0.2, 0.25) is 11.7 Å². The van der Waals surface area contributed by atoms with Gasteiger partial charge in [0.05, 0.1) is 27.9 Å². The molecule has 2 fully saturated rings. The minimum absolute atomic E-state index is 0.0503. The number of aliphatic carboxylic acids is 1. The molecule has 2 heterocycles. The molecule has 0 aliphatic carbocycles. The Morgan fingerprint density at radius 3 is 2.05 bits per heavy atom. The molecule has 2 unspecified atom stereocenters. The number of epoxide rings is 1. The normalized spacial score (nSPS) is 20.1. The maximum absolute atomic E-state index is 13.9. The van der Waals surface area contributed by atoms with Crippen LogP contribution in [0, 0.1) is 11.8 Å². The Morgan fingerprint density at radius 2 is 1.59 bits per heavy atom. The van der Waals surface area contributed by atoms with Crippen LogP contribution in [0.15, 0.2) is 12.1 Å². The van der Waals surface area contributed by atoms with E-state index < -0.39 is 23.5 Å². The van der Waals surface area contributed by atoms with Gasteiger partial charge in [0.15, 0.2) is 11.5 Å². The van der Waals surface area contributed by atoms with Crippen molar-refractivity contribution >= 4 is 17.8 Å². The first kappa shape index (κ1) is 30.5. The number of rotatable bonds is 13. The molecule has 2 amide bonds. The van der Waals surface area contributed by atoms with Crippen molar-refractivity contribution in [3.63, 3.8) is 0 Å². The zero-order valence-electron chi connectivity index (χ0n) is 24.2. The Balaban J connectivity index is 1.75. The predicted octanol–water partition coefficient (Wildman–Crippen LogP) is 2.11. The standard InChI is InChI=1S/C28H43N3O8/c1-18(2)14-21(31(15-19(3)4)26(33)28(17-39-28)27(34)35)25(32)30-12-10-29(11-13-30)16-20-8-9-22(36-5)24(38-7)23(20)37-6/h8-9,18-19,21H,10-17H2,1-7H3,(H,34,35). The number of nitrogens with zero attached hydrogens (tertiary/aromatic N) is 3. The number of amides is 2. The summed E-state index contributed by atoms with van der Waals surface area (Å²) >= 11 is 0. The third-order valence-corrected chi connectivity index (χ3v) is 7.17. The molecule has 2 aliphatic heterocycles. The average molecular weight is 550 g/mol. The molecule has 1 aromatic carbocycles. The molecule has 11 heteroatoms. The maximum Gasteiger partial charge on any atom is 0.348 e. The lowest BCUT2D eigenvalue weighted by Gasteiger charge is -2.40. The van der Waals surface area contributed by atoms with Gasteiger partial charge in [0.25, 0.3) is 11.5 Å². The zero-order valence-corrected chi connectivity index (χ0v) is 24.2. The molecule has 0 bridgehead atoms. The largest absolute Gasteiger partial charge is 0.493 e. The summed E-state index contributed by atoms with van der Waals surface area (Å²) in [6.45, 7) is 10.9. The van der Waals surface area contributed by atoms with E-state index in [0.29, 0.717) is 56.4 Å². The minimum atomic E-state index is -1.87. The summed E-state index contributed by atoms with van der Waals surface area (Å²) in [4.78, 5) is 44.6. The number of carboxylic acids is 1. The SMILES string of the molecule is COc1ccc(CN2CCN(C(=O)C(CC(C)C)N(CC(C)C)C(=O)C3(C(=O)O)CO3)CC2)c(OC)c1OC. The van der Waals surface area contributed by atoms with Gasteiger partial charge < -0.3 is 33.9 Å². The Bertz CT molecular complexity index is 1030. The predicted molar refractivity (Wildman–Crippen MR) is 144 cm³/mol. The van der Waals surface area contributed by atoms with Gasteiger partial charge in [-0.2, -0.15) is 0 Å². The molecule has 0 aromatic heterocycles. The van der Waals surface area contributed by atoms with E-state index in [0.717, 1.165) is 5.56 Å². The number of ether oxygens (including phenoxy) is 4. The Labute approximate surface area is 230 Å². The first-order valence-electron chi connectivity index (χ1n) is 13.5. The fourth-order valence-corrected chi connectivity index (χ4v) is 5.06. The summed E-state index contributed by atoms with van der Waals surface area (Å²) in [5, 5.41) is 9.66. The number of benzene rings is 1. The molecule has 0 saturated carbocycles. The van der Waals surface area contributed by atoms with E-state index in [4.69, 9.17) is 18.9 Å². The molecule has 0 spiro atoms. The van der Waals surface area contributed by atoms with Crippen LogP contribution in [0.5, 0.6) is 17.2 Å². The van der Waals surface area contributed by atoms with Crippen LogP contribution in [0.25, 0.3) is 0 Å². The highest BCUT2D eigenvalue weighted by atomic mass is 16.6. The van der Waals surface area contributed by atoms with E-state index in [2.05, 4.69) is 4.90 Å². The summed E-state index contributed by atoms with van der Waals surface area (Å²) < 4.78 is 21.6. The second-order valence-electron chi connectivity index (χ2n) is 11.0. The van der Waals surface area contributed by atoms with Crippen LogP contribution in [-0.4, -0.2) is 110 Å². The van der Waals surface area contributed by atoms with Crippen molar-refractivity contribution in [2.75, 3.05) is 60.7 Å². The van der Waals surface area contributed by atoms with Gasteiger partial charge in [0.1, 0.15) is 6.04 Å². The van der Waals surface area contributed by atoms with Crippen molar-refractivity contribution < 1.29 is 38.4 Å². The third kappa shape index (κ3) is 6.75. The molecule has 2 aliphatic rings. The summed E-state index contributed by atoms with van der Waals surface area (Å²) in [6, 6.07) is 3.04. The fraction of sp³-hybridized carbons (Fsp3) is 0.679. The number of carboxylic acid groups (broad SMARTS) is 1. The Hall–Kier alpha value is -3.05. The highest BCUT2D eigenvalue weighted by molar-refractivity contribution is 6.09. The van der Waals surface area contributed by atoms with E-state index in [1.807, 2.05) is 39.8 Å². The number of carbonyl (C=O) groups excluding carboxylic acids is 2. The van der Waals surface area contributed by atoms with Gasteiger partial charge >= 0.3 is 5.97 Å². The summed E-state index contributed by atoms with van der Waals surface area (Å²) in [5.41, 5.74) is -0.925. The summed E-state index contributed by atoms with van der Waals surface area (Å²) in [5.74, 6) is -0.177. The molecule has 3 rings (SSSR count). The number of methoxy groups -OCH3 is 3. The maximum atomic E-state index is 13.9. The van der Waals surface area contributed by atoms with Crippen LogP contribution < -0.4 is 14.2 Å². The van der Waals surface area contributed by atoms with Crippen LogP contribution in [0.1, 0.15) is 39.7 Å². The van der Waals surface area contributed by atoms with E-state index in [1.54, 1.807) is 26.2 Å². The van der Waals surface area contributed by atoms with Gasteiger partial charge in [-0.3, -0.25) is 14.5 Å². The molecule has 2 saturated heterocycles. The molecule has 218 valence electrons. The van der Waals surface area contributed by atoms with Crippen LogP contribution in [0.4, 0.5) is 0 Å². The summed E-state index contributed by atoms with van der Waals surface area (Å²) in [7, 11) is 4.75. The molecule has 1 N–H and O–H groups in total.